The Morgan fingerprint density at radius 3 is 2.44 bits per heavy atom. The van der Waals surface area contributed by atoms with Gasteiger partial charge in [-0.05, 0) is 43.5 Å². The van der Waals surface area contributed by atoms with E-state index in [2.05, 4.69) is 15.6 Å². The monoisotopic (exact) mass is 350 g/mol. The fraction of sp³-hybridized carbons (Fsp3) is 0.529. The van der Waals surface area contributed by atoms with E-state index in [9.17, 15) is 9.90 Å². The minimum absolute atomic E-state index is 0.0980. The summed E-state index contributed by atoms with van der Waals surface area (Å²) in [6.45, 7) is 4.05. The highest BCUT2D eigenvalue weighted by atomic mass is 16.3. The van der Waals surface area contributed by atoms with E-state index in [-0.39, 0.29) is 17.8 Å². The van der Waals surface area contributed by atoms with Crippen molar-refractivity contribution < 1.29 is 9.90 Å². The molecule has 0 spiro atoms. The maximum Gasteiger partial charge on any atom is 0.234 e. The molecule has 0 radical (unpaired) electrons. The summed E-state index contributed by atoms with van der Waals surface area (Å²) in [5.41, 5.74) is 17.1. The van der Waals surface area contributed by atoms with Crippen LogP contribution in [0.2, 0.25) is 0 Å². The number of likely N-dealkylation sites (N-methyl/N-ethyl adjacent to an activating group) is 1. The second-order valence-electron chi connectivity index (χ2n) is 5.94. The van der Waals surface area contributed by atoms with E-state index in [0.717, 1.165) is 24.9 Å². The Bertz CT molecular complexity index is 543. The van der Waals surface area contributed by atoms with Crippen molar-refractivity contribution in [3.05, 3.63) is 29.8 Å². The number of carbonyl (C=O) groups is 1. The summed E-state index contributed by atoms with van der Waals surface area (Å²) in [4.78, 5) is 15.7. The van der Waals surface area contributed by atoms with Crippen molar-refractivity contribution in [1.82, 2.24) is 10.6 Å². The number of nitrogens with one attached hydrogen (secondary N) is 2. The predicted octanol–water partition coefficient (Wildman–Crippen LogP) is -0.590. The molecule has 0 aliphatic rings. The fourth-order valence-corrected chi connectivity index (χ4v) is 2.54. The molecule has 9 N–H and O–H groups in total. The van der Waals surface area contributed by atoms with Gasteiger partial charge in [-0.25, -0.2) is 0 Å². The second kappa shape index (κ2) is 11.3. The molecule has 8 heteroatoms. The first kappa shape index (κ1) is 20.7. The van der Waals surface area contributed by atoms with Crippen molar-refractivity contribution in [2.24, 2.45) is 22.2 Å². The summed E-state index contributed by atoms with van der Waals surface area (Å²) in [5, 5.41) is 15.9. The first-order chi connectivity index (χ1) is 11.9. The van der Waals surface area contributed by atoms with Gasteiger partial charge in [-0.1, -0.05) is 19.1 Å². The van der Waals surface area contributed by atoms with Crippen LogP contribution in [0.3, 0.4) is 0 Å². The average molecular weight is 350 g/mol. The van der Waals surface area contributed by atoms with Gasteiger partial charge in [0.15, 0.2) is 5.96 Å². The largest absolute Gasteiger partial charge is 0.508 e. The standard InChI is InChI=1S/C17H30N6O2/c1-2-21-13(4-3-9-22-17(19)20)11-23-15(16(18)25)10-12-5-7-14(24)8-6-12/h5-8,13,15,21,23-24H,2-4,9-11H2,1H3,(H2,18,25)(H4,19,20,22)/t13-,15-/m0/s1. The van der Waals surface area contributed by atoms with Gasteiger partial charge in [0.25, 0.3) is 0 Å². The van der Waals surface area contributed by atoms with E-state index in [0.29, 0.717) is 19.5 Å². The summed E-state index contributed by atoms with van der Waals surface area (Å²) in [6, 6.07) is 6.48. The summed E-state index contributed by atoms with van der Waals surface area (Å²) in [5.74, 6) is -0.107. The molecule has 2 atom stereocenters. The molecule has 0 aliphatic carbocycles. The molecule has 0 unspecified atom stereocenters. The van der Waals surface area contributed by atoms with Crippen LogP contribution in [-0.2, 0) is 11.2 Å². The van der Waals surface area contributed by atoms with Crippen LogP contribution in [0.4, 0.5) is 0 Å². The molecule has 1 amide bonds. The van der Waals surface area contributed by atoms with E-state index >= 15 is 0 Å². The molecule has 0 heterocycles. The molecular formula is C17H30N6O2. The maximum atomic E-state index is 11.7. The number of nitrogens with zero attached hydrogens (tertiary/aromatic N) is 1. The number of aliphatic imine (C=N–C) groups is 1. The molecule has 0 bridgehead atoms. The number of phenolic OH excluding ortho intramolecular Hbond substituents is 1. The van der Waals surface area contributed by atoms with Crippen LogP contribution in [0.15, 0.2) is 29.3 Å². The molecule has 0 saturated heterocycles. The lowest BCUT2D eigenvalue weighted by atomic mass is 10.0. The summed E-state index contributed by atoms with van der Waals surface area (Å²) < 4.78 is 0. The zero-order valence-electron chi connectivity index (χ0n) is 14.7. The number of amides is 1. The molecule has 0 aliphatic heterocycles. The number of nitrogens with two attached hydrogens (primary N) is 3. The highest BCUT2D eigenvalue weighted by Gasteiger charge is 2.17. The third-order valence-corrected chi connectivity index (χ3v) is 3.83. The lowest BCUT2D eigenvalue weighted by Gasteiger charge is -2.22. The number of rotatable bonds is 12. The number of guanidine groups is 1. The first-order valence-corrected chi connectivity index (χ1v) is 8.51. The van der Waals surface area contributed by atoms with Gasteiger partial charge in [-0.2, -0.15) is 0 Å². The Labute approximate surface area is 148 Å². The van der Waals surface area contributed by atoms with E-state index in [1.165, 1.54) is 0 Å². The van der Waals surface area contributed by atoms with Crippen LogP contribution in [0, 0.1) is 0 Å². The summed E-state index contributed by atoms with van der Waals surface area (Å²) >= 11 is 0. The molecule has 1 rings (SSSR count). The Balaban J connectivity index is 2.52. The van der Waals surface area contributed by atoms with Crippen LogP contribution in [0.5, 0.6) is 5.75 Å². The van der Waals surface area contributed by atoms with Crippen molar-refractivity contribution in [2.45, 2.75) is 38.3 Å². The van der Waals surface area contributed by atoms with Crippen molar-refractivity contribution in [1.29, 1.82) is 0 Å². The molecular weight excluding hydrogens is 320 g/mol. The summed E-state index contributed by atoms with van der Waals surface area (Å²) in [6.07, 6.45) is 2.20. The molecule has 140 valence electrons. The molecule has 1 aromatic carbocycles. The van der Waals surface area contributed by atoms with Crippen molar-refractivity contribution in [3.8, 4) is 5.75 Å². The molecule has 8 nitrogen and oxygen atoms in total. The Kier molecular flexibility index (Phi) is 9.34. The van der Waals surface area contributed by atoms with Crippen molar-refractivity contribution in [2.75, 3.05) is 19.6 Å². The van der Waals surface area contributed by atoms with E-state index in [1.807, 2.05) is 6.92 Å². The van der Waals surface area contributed by atoms with Gasteiger partial charge >= 0.3 is 0 Å². The van der Waals surface area contributed by atoms with Crippen molar-refractivity contribution >= 4 is 11.9 Å². The number of hydrogen-bond donors (Lipinski definition) is 6. The summed E-state index contributed by atoms with van der Waals surface area (Å²) in [7, 11) is 0. The minimum atomic E-state index is -0.469. The van der Waals surface area contributed by atoms with E-state index in [4.69, 9.17) is 17.2 Å². The number of carbonyl (C=O) groups excluding carboxylic acids is 1. The SMILES string of the molecule is CCN[C@@H](CCCN=C(N)N)CN[C@@H](Cc1ccc(O)cc1)C(N)=O. The predicted molar refractivity (Wildman–Crippen MR) is 100 cm³/mol. The van der Waals surface area contributed by atoms with Crippen LogP contribution >= 0.6 is 0 Å². The van der Waals surface area contributed by atoms with E-state index in [1.54, 1.807) is 24.3 Å². The van der Waals surface area contributed by atoms with Gasteiger partial charge < -0.3 is 32.9 Å². The van der Waals surface area contributed by atoms with Gasteiger partial charge in [0.05, 0.1) is 6.04 Å². The fourth-order valence-electron chi connectivity index (χ4n) is 2.54. The normalized spacial score (nSPS) is 13.2. The lowest BCUT2D eigenvalue weighted by molar-refractivity contribution is -0.120. The average Bonchev–Trinajstić information content (AvgIpc) is 2.56. The number of primary amides is 1. The molecule has 0 aromatic heterocycles. The van der Waals surface area contributed by atoms with Gasteiger partial charge in [0.1, 0.15) is 5.75 Å². The Morgan fingerprint density at radius 1 is 1.20 bits per heavy atom. The van der Waals surface area contributed by atoms with Crippen LogP contribution < -0.4 is 27.8 Å². The van der Waals surface area contributed by atoms with Gasteiger partial charge in [0.2, 0.25) is 5.91 Å². The van der Waals surface area contributed by atoms with Crippen LogP contribution in [-0.4, -0.2) is 48.7 Å². The smallest absolute Gasteiger partial charge is 0.234 e. The molecule has 1 aromatic rings. The minimum Gasteiger partial charge on any atom is -0.508 e. The van der Waals surface area contributed by atoms with Crippen LogP contribution in [0.1, 0.15) is 25.3 Å². The molecule has 25 heavy (non-hydrogen) atoms. The van der Waals surface area contributed by atoms with Gasteiger partial charge in [0, 0.05) is 19.1 Å². The third-order valence-electron chi connectivity index (χ3n) is 3.83. The van der Waals surface area contributed by atoms with Crippen LogP contribution in [0.25, 0.3) is 0 Å². The number of aromatic hydroxyl groups is 1. The van der Waals surface area contributed by atoms with E-state index < -0.39 is 11.9 Å². The van der Waals surface area contributed by atoms with Gasteiger partial charge in [-0.15, -0.1) is 0 Å². The zero-order valence-corrected chi connectivity index (χ0v) is 14.7. The number of hydrogen-bond acceptors (Lipinski definition) is 5. The maximum absolute atomic E-state index is 11.7. The second-order valence-corrected chi connectivity index (χ2v) is 5.94. The number of phenols is 1. The van der Waals surface area contributed by atoms with Gasteiger partial charge in [-0.3, -0.25) is 9.79 Å². The van der Waals surface area contributed by atoms with Crippen molar-refractivity contribution in [3.63, 3.8) is 0 Å². The topological polar surface area (TPSA) is 152 Å². The highest BCUT2D eigenvalue weighted by molar-refractivity contribution is 5.80. The quantitative estimate of drug-likeness (QED) is 0.168. The lowest BCUT2D eigenvalue weighted by Crippen LogP contribution is -2.48. The Morgan fingerprint density at radius 2 is 1.88 bits per heavy atom. The third kappa shape index (κ3) is 8.92. The zero-order chi connectivity index (χ0) is 18.7. The highest BCUT2D eigenvalue weighted by Crippen LogP contribution is 2.11. The molecule has 0 fully saturated rings. The molecule has 0 saturated carbocycles. The Hall–Kier alpha value is -2.32. The first-order valence-electron chi connectivity index (χ1n) is 8.51. The number of benzene rings is 1.